The van der Waals surface area contributed by atoms with Gasteiger partial charge in [0, 0.05) is 16.1 Å². The van der Waals surface area contributed by atoms with Gasteiger partial charge in [-0.3, -0.25) is 0 Å². The van der Waals surface area contributed by atoms with Crippen molar-refractivity contribution in [2.75, 3.05) is 0 Å². The quantitative estimate of drug-likeness (QED) is 0.656. The second-order valence-electron chi connectivity index (χ2n) is 4.28. The molecule has 20 heavy (non-hydrogen) atoms. The Kier molecular flexibility index (Phi) is 5.18. The zero-order valence-electron chi connectivity index (χ0n) is 10.1. The van der Waals surface area contributed by atoms with Crippen LogP contribution in [0.4, 0.5) is 8.78 Å². The third kappa shape index (κ3) is 3.22. The molecule has 0 saturated heterocycles. The van der Waals surface area contributed by atoms with Gasteiger partial charge < -0.3 is 5.73 Å². The fourth-order valence-corrected chi connectivity index (χ4v) is 2.91. The molecule has 0 aliphatic heterocycles. The van der Waals surface area contributed by atoms with E-state index in [2.05, 4.69) is 31.9 Å². The van der Waals surface area contributed by atoms with E-state index < -0.39 is 17.7 Å². The van der Waals surface area contributed by atoms with E-state index in [0.29, 0.717) is 15.1 Å². The lowest BCUT2D eigenvalue weighted by atomic mass is 9.99. The molecule has 1 nitrogen and oxygen atoms in total. The fourth-order valence-electron chi connectivity index (χ4n) is 1.89. The summed E-state index contributed by atoms with van der Waals surface area (Å²) >= 11 is 12.5. The van der Waals surface area contributed by atoms with Gasteiger partial charge in [-0.2, -0.15) is 0 Å². The number of halogens is 5. The zero-order chi connectivity index (χ0) is 14.9. The molecule has 2 aromatic rings. The van der Waals surface area contributed by atoms with Crippen molar-refractivity contribution < 1.29 is 8.78 Å². The minimum absolute atomic E-state index is 0.0211. The fraction of sp³-hybridized carbons (Fsp3) is 0.143. The van der Waals surface area contributed by atoms with E-state index in [0.717, 1.165) is 0 Å². The van der Waals surface area contributed by atoms with Gasteiger partial charge in [0.1, 0.15) is 11.6 Å². The van der Waals surface area contributed by atoms with Gasteiger partial charge in [0.25, 0.3) is 0 Å². The van der Waals surface area contributed by atoms with E-state index in [1.54, 1.807) is 18.2 Å². The minimum Gasteiger partial charge on any atom is -0.324 e. The van der Waals surface area contributed by atoms with Crippen LogP contribution in [0, 0.1) is 11.6 Å². The van der Waals surface area contributed by atoms with Crippen LogP contribution in [0.3, 0.4) is 0 Å². The lowest BCUT2D eigenvalue weighted by molar-refractivity contribution is 0.536. The smallest absolute Gasteiger partial charge is 0.143 e. The summed E-state index contributed by atoms with van der Waals surface area (Å²) in [6.45, 7) is 0. The molecular weight excluding hydrogens is 415 g/mol. The van der Waals surface area contributed by atoms with Crippen LogP contribution < -0.4 is 5.73 Å². The summed E-state index contributed by atoms with van der Waals surface area (Å²) in [7, 11) is 0. The molecule has 1 atom stereocenters. The van der Waals surface area contributed by atoms with Crippen LogP contribution in [-0.4, -0.2) is 0 Å². The molecule has 1 unspecified atom stereocenters. The Bertz CT molecular complexity index is 649. The molecule has 0 aliphatic carbocycles. The van der Waals surface area contributed by atoms with E-state index >= 15 is 0 Å². The molecule has 0 radical (unpaired) electrons. The molecule has 2 N–H and O–H groups in total. The van der Waals surface area contributed by atoms with Crippen LogP contribution in [0.15, 0.2) is 39.3 Å². The Labute approximate surface area is 137 Å². The number of hydrogen-bond donors (Lipinski definition) is 1. The monoisotopic (exact) mass is 423 g/mol. The first-order chi connectivity index (χ1) is 9.41. The van der Waals surface area contributed by atoms with Gasteiger partial charge >= 0.3 is 0 Å². The maximum absolute atomic E-state index is 13.9. The molecule has 0 bridgehead atoms. The molecule has 106 valence electrons. The predicted molar refractivity (Wildman–Crippen MR) is 83.8 cm³/mol. The lowest BCUT2D eigenvalue weighted by Crippen LogP contribution is -2.16. The van der Waals surface area contributed by atoms with E-state index in [1.807, 2.05) is 0 Å². The molecule has 0 aromatic heterocycles. The Hall–Kier alpha value is -0.490. The second kappa shape index (κ2) is 6.52. The highest BCUT2D eigenvalue weighted by Crippen LogP contribution is 2.32. The number of hydrogen-bond acceptors (Lipinski definition) is 1. The summed E-state index contributed by atoms with van der Waals surface area (Å²) in [5.74, 6) is -1.25. The molecule has 0 spiro atoms. The normalized spacial score (nSPS) is 12.5. The Morgan fingerprint density at radius 1 is 1.10 bits per heavy atom. The summed E-state index contributed by atoms with van der Waals surface area (Å²) < 4.78 is 28.6. The Morgan fingerprint density at radius 3 is 2.50 bits per heavy atom. The predicted octanol–water partition coefficient (Wildman–Crippen LogP) is 5.39. The number of nitrogens with two attached hydrogens (primary N) is 1. The zero-order valence-corrected chi connectivity index (χ0v) is 14.1. The second-order valence-corrected chi connectivity index (χ2v) is 6.36. The van der Waals surface area contributed by atoms with Gasteiger partial charge in [-0.05, 0) is 62.0 Å². The summed E-state index contributed by atoms with van der Waals surface area (Å²) in [6, 6.07) is 7.23. The van der Waals surface area contributed by atoms with Crippen LogP contribution in [-0.2, 0) is 6.42 Å². The van der Waals surface area contributed by atoms with Crippen molar-refractivity contribution in [1.29, 1.82) is 0 Å². The molecule has 0 saturated carbocycles. The van der Waals surface area contributed by atoms with Crippen LogP contribution in [0.5, 0.6) is 0 Å². The summed E-state index contributed by atoms with van der Waals surface area (Å²) in [5, 5.41) is 0.454. The van der Waals surface area contributed by atoms with E-state index in [1.165, 1.54) is 12.1 Å². The van der Waals surface area contributed by atoms with Crippen molar-refractivity contribution in [3.8, 4) is 0 Å². The maximum atomic E-state index is 13.9. The molecule has 0 heterocycles. The van der Waals surface area contributed by atoms with Crippen molar-refractivity contribution >= 4 is 43.5 Å². The molecule has 0 amide bonds. The largest absolute Gasteiger partial charge is 0.324 e. The average Bonchev–Trinajstić information content (AvgIpc) is 2.42. The summed E-state index contributed by atoms with van der Waals surface area (Å²) in [5.41, 5.74) is 6.62. The highest BCUT2D eigenvalue weighted by molar-refractivity contribution is 9.10. The van der Waals surface area contributed by atoms with E-state index in [4.69, 9.17) is 17.3 Å². The van der Waals surface area contributed by atoms with Crippen molar-refractivity contribution in [3.63, 3.8) is 0 Å². The standard InChI is InChI=1S/C14H10Br2ClF2N/c15-9-3-1-2-7(13(9)17)12(20)6-8-11(18)5-4-10(16)14(8)19/h1-5,12H,6,20H2. The number of benzene rings is 2. The van der Waals surface area contributed by atoms with Crippen molar-refractivity contribution in [1.82, 2.24) is 0 Å². The van der Waals surface area contributed by atoms with Gasteiger partial charge in [0.2, 0.25) is 0 Å². The molecule has 0 aliphatic rings. The molecule has 0 fully saturated rings. The highest BCUT2D eigenvalue weighted by atomic mass is 79.9. The first-order valence-electron chi connectivity index (χ1n) is 5.73. The van der Waals surface area contributed by atoms with E-state index in [-0.39, 0.29) is 16.5 Å². The Morgan fingerprint density at radius 2 is 1.80 bits per heavy atom. The van der Waals surface area contributed by atoms with Crippen LogP contribution in [0.1, 0.15) is 17.2 Å². The van der Waals surface area contributed by atoms with Crippen molar-refractivity contribution in [2.45, 2.75) is 12.5 Å². The molecule has 6 heteroatoms. The summed E-state index contributed by atoms with van der Waals surface area (Å²) in [4.78, 5) is 0. The third-order valence-corrected chi connectivity index (χ3v) is 4.87. The van der Waals surface area contributed by atoms with Gasteiger partial charge in [0.15, 0.2) is 0 Å². The van der Waals surface area contributed by atoms with Gasteiger partial charge in [-0.25, -0.2) is 8.78 Å². The van der Waals surface area contributed by atoms with Crippen molar-refractivity contribution in [3.05, 3.63) is 67.1 Å². The van der Waals surface area contributed by atoms with Gasteiger partial charge in [-0.15, -0.1) is 0 Å². The highest BCUT2D eigenvalue weighted by Gasteiger charge is 2.18. The molecular formula is C14H10Br2ClF2N. The van der Waals surface area contributed by atoms with Gasteiger partial charge in [0.05, 0.1) is 9.50 Å². The third-order valence-electron chi connectivity index (χ3n) is 2.94. The SMILES string of the molecule is NC(Cc1c(F)ccc(Br)c1F)c1cccc(Br)c1Cl. The average molecular weight is 425 g/mol. The Balaban J connectivity index is 2.35. The number of rotatable bonds is 3. The van der Waals surface area contributed by atoms with Crippen LogP contribution in [0.25, 0.3) is 0 Å². The van der Waals surface area contributed by atoms with Crippen LogP contribution in [0.2, 0.25) is 5.02 Å². The first-order valence-corrected chi connectivity index (χ1v) is 7.70. The van der Waals surface area contributed by atoms with Gasteiger partial charge in [-0.1, -0.05) is 23.7 Å². The topological polar surface area (TPSA) is 26.0 Å². The van der Waals surface area contributed by atoms with E-state index in [9.17, 15) is 8.78 Å². The summed E-state index contributed by atoms with van der Waals surface area (Å²) in [6.07, 6.45) is 0.0211. The van der Waals surface area contributed by atoms with Crippen molar-refractivity contribution in [2.24, 2.45) is 5.73 Å². The first kappa shape index (κ1) is 15.9. The maximum Gasteiger partial charge on any atom is 0.143 e. The van der Waals surface area contributed by atoms with Crippen LogP contribution >= 0.6 is 43.5 Å². The molecule has 2 aromatic carbocycles. The lowest BCUT2D eigenvalue weighted by Gasteiger charge is -2.16. The minimum atomic E-state index is -0.633. The molecule has 2 rings (SSSR count).